The van der Waals surface area contributed by atoms with Crippen molar-refractivity contribution in [3.8, 4) is 11.8 Å². The number of rotatable bonds is 6. The lowest BCUT2D eigenvalue weighted by Gasteiger charge is -2.18. The zero-order valence-corrected chi connectivity index (χ0v) is 18.3. The molecule has 0 N–H and O–H groups in total. The molecule has 0 aliphatic rings. The number of allylic oxidation sites excluding steroid dienone is 1. The third-order valence-electron chi connectivity index (χ3n) is 5.21. The molecule has 1 unspecified atom stereocenters. The molecule has 0 bridgehead atoms. The fourth-order valence-corrected chi connectivity index (χ4v) is 4.53. The first kappa shape index (κ1) is 23.4. The second-order valence-corrected chi connectivity index (χ2v) is 9.25. The summed E-state index contributed by atoms with van der Waals surface area (Å²) in [5.74, 6) is -0.102. The second kappa shape index (κ2) is 9.05. The highest BCUT2D eigenvalue weighted by Crippen LogP contribution is 2.36. The third-order valence-corrected chi connectivity index (χ3v) is 6.89. The van der Waals surface area contributed by atoms with E-state index in [0.29, 0.717) is 17.7 Å². The number of nitrogens with zero attached hydrogens (tertiary/aromatic N) is 2. The van der Waals surface area contributed by atoms with E-state index in [1.165, 1.54) is 47.2 Å². The molecule has 1 heterocycles. The maximum atomic E-state index is 13.6. The van der Waals surface area contributed by atoms with Crippen molar-refractivity contribution in [1.82, 2.24) is 4.57 Å². The molecule has 2 aromatic carbocycles. The molecule has 4 nitrogen and oxygen atoms in total. The van der Waals surface area contributed by atoms with Crippen molar-refractivity contribution < 1.29 is 21.6 Å². The average Bonchev–Trinajstić information content (AvgIpc) is 3.20. The van der Waals surface area contributed by atoms with Crippen molar-refractivity contribution in [2.45, 2.75) is 37.3 Å². The Kier molecular flexibility index (Phi) is 6.60. The van der Waals surface area contributed by atoms with Crippen LogP contribution >= 0.6 is 0 Å². The Morgan fingerprint density at radius 2 is 1.75 bits per heavy atom. The molecule has 0 amide bonds. The van der Waals surface area contributed by atoms with Gasteiger partial charge < -0.3 is 4.57 Å². The molecule has 1 aromatic heterocycles. The van der Waals surface area contributed by atoms with Crippen LogP contribution in [-0.4, -0.2) is 13.0 Å². The van der Waals surface area contributed by atoms with Gasteiger partial charge in [-0.2, -0.15) is 18.4 Å². The van der Waals surface area contributed by atoms with Crippen molar-refractivity contribution in [3.05, 3.63) is 88.6 Å². The van der Waals surface area contributed by atoms with E-state index in [9.17, 15) is 26.9 Å². The minimum absolute atomic E-state index is 0.0307. The Hall–Kier alpha value is -3.31. The number of hydrogen-bond donors (Lipinski definition) is 0. The lowest BCUT2D eigenvalue weighted by atomic mass is 10.0. The normalized spacial score (nSPS) is 13.6. The number of hydrogen-bond acceptors (Lipinski definition) is 3. The van der Waals surface area contributed by atoms with Gasteiger partial charge in [0.2, 0.25) is 9.84 Å². The summed E-state index contributed by atoms with van der Waals surface area (Å²) in [6.45, 7) is 3.79. The zero-order chi connectivity index (χ0) is 23.5. The van der Waals surface area contributed by atoms with Crippen LogP contribution < -0.4 is 0 Å². The number of alkyl halides is 3. The summed E-state index contributed by atoms with van der Waals surface area (Å²) in [5, 5.41) is 9.53. The van der Waals surface area contributed by atoms with Crippen LogP contribution in [0.5, 0.6) is 0 Å². The summed E-state index contributed by atoms with van der Waals surface area (Å²) < 4.78 is 68.0. The molecular formula is C24H21F3N2O2S. The second-order valence-electron chi connectivity index (χ2n) is 7.33. The van der Waals surface area contributed by atoms with Gasteiger partial charge in [0, 0.05) is 11.9 Å². The van der Waals surface area contributed by atoms with Gasteiger partial charge in [0.25, 0.3) is 0 Å². The molecule has 0 radical (unpaired) electrons. The van der Waals surface area contributed by atoms with Crippen LogP contribution in [0.25, 0.3) is 11.8 Å². The monoisotopic (exact) mass is 458 g/mol. The molecule has 32 heavy (non-hydrogen) atoms. The molecule has 0 aliphatic carbocycles. The number of sulfone groups is 1. The Bertz CT molecular complexity index is 1280. The molecule has 0 saturated carbocycles. The van der Waals surface area contributed by atoms with Crippen molar-refractivity contribution in [3.63, 3.8) is 0 Å². The van der Waals surface area contributed by atoms with Crippen molar-refractivity contribution in [2.24, 2.45) is 0 Å². The lowest BCUT2D eigenvalue weighted by Crippen LogP contribution is -2.12. The van der Waals surface area contributed by atoms with Gasteiger partial charge in [-0.3, -0.25) is 0 Å². The maximum absolute atomic E-state index is 13.6. The first-order valence-electron chi connectivity index (χ1n) is 9.90. The highest BCUT2D eigenvalue weighted by molar-refractivity contribution is 7.95. The zero-order valence-electron chi connectivity index (χ0n) is 17.5. The van der Waals surface area contributed by atoms with Crippen LogP contribution in [0, 0.1) is 11.3 Å². The molecular weight excluding hydrogens is 437 g/mol. The van der Waals surface area contributed by atoms with Gasteiger partial charge in [0.1, 0.15) is 11.0 Å². The van der Waals surface area contributed by atoms with Crippen LogP contribution in [0.4, 0.5) is 13.2 Å². The molecule has 0 saturated heterocycles. The smallest absolute Gasteiger partial charge is 0.319 e. The number of para-hydroxylation sites is 1. The first-order valence-corrected chi connectivity index (χ1v) is 11.4. The Balaban J connectivity index is 2.19. The molecule has 3 aromatic rings. The maximum Gasteiger partial charge on any atom is 0.418 e. The Morgan fingerprint density at radius 3 is 2.34 bits per heavy atom. The minimum atomic E-state index is -4.56. The highest BCUT2D eigenvalue weighted by atomic mass is 32.2. The predicted molar refractivity (Wildman–Crippen MR) is 117 cm³/mol. The summed E-state index contributed by atoms with van der Waals surface area (Å²) in [4.78, 5) is -0.516. The van der Waals surface area contributed by atoms with Gasteiger partial charge in [0.05, 0.1) is 16.1 Å². The van der Waals surface area contributed by atoms with E-state index in [2.05, 4.69) is 0 Å². The third kappa shape index (κ3) is 4.63. The van der Waals surface area contributed by atoms with E-state index < -0.39 is 26.5 Å². The molecule has 1 atom stereocenters. The number of benzene rings is 2. The van der Waals surface area contributed by atoms with Crippen molar-refractivity contribution >= 4 is 15.9 Å². The number of halogens is 3. The van der Waals surface area contributed by atoms with Crippen LogP contribution in [-0.2, 0) is 16.0 Å². The number of nitriles is 1. The van der Waals surface area contributed by atoms with Gasteiger partial charge >= 0.3 is 6.18 Å². The van der Waals surface area contributed by atoms with Crippen LogP contribution in [0.1, 0.15) is 43.0 Å². The lowest BCUT2D eigenvalue weighted by molar-refractivity contribution is -0.137. The van der Waals surface area contributed by atoms with E-state index in [4.69, 9.17) is 0 Å². The number of aromatic nitrogens is 1. The summed E-state index contributed by atoms with van der Waals surface area (Å²) in [6, 6.07) is 16.1. The van der Waals surface area contributed by atoms with E-state index in [1.54, 1.807) is 30.3 Å². The van der Waals surface area contributed by atoms with Gasteiger partial charge in [0.15, 0.2) is 0 Å². The van der Waals surface area contributed by atoms with E-state index in [0.717, 1.165) is 6.07 Å². The van der Waals surface area contributed by atoms with Gasteiger partial charge in [-0.05, 0) is 54.3 Å². The molecule has 0 aliphatic heterocycles. The van der Waals surface area contributed by atoms with E-state index in [-0.39, 0.29) is 16.5 Å². The quantitative estimate of drug-likeness (QED) is 0.405. The van der Waals surface area contributed by atoms with Gasteiger partial charge in [-0.1, -0.05) is 44.2 Å². The summed E-state index contributed by atoms with van der Waals surface area (Å²) in [6.07, 6.45) is -1.27. The topological polar surface area (TPSA) is 62.9 Å². The Morgan fingerprint density at radius 1 is 1.12 bits per heavy atom. The fraction of sp³-hybridized carbons (Fsp3) is 0.208. The molecule has 166 valence electrons. The summed E-state index contributed by atoms with van der Waals surface area (Å²) in [7, 11) is -4.06. The molecule has 0 spiro atoms. The average molecular weight is 459 g/mol. The van der Waals surface area contributed by atoms with Crippen molar-refractivity contribution in [2.75, 3.05) is 0 Å². The largest absolute Gasteiger partial charge is 0.418 e. The summed E-state index contributed by atoms with van der Waals surface area (Å²) in [5.41, 5.74) is 0.0608. The van der Waals surface area contributed by atoms with E-state index >= 15 is 0 Å². The van der Waals surface area contributed by atoms with Gasteiger partial charge in [-0.15, -0.1) is 0 Å². The minimum Gasteiger partial charge on any atom is -0.319 e. The first-order chi connectivity index (χ1) is 15.1. The molecule has 3 rings (SSSR count). The van der Waals surface area contributed by atoms with E-state index in [1.807, 2.05) is 13.8 Å². The molecule has 0 fully saturated rings. The fourth-order valence-electron chi connectivity index (χ4n) is 3.35. The van der Waals surface area contributed by atoms with Crippen LogP contribution in [0.3, 0.4) is 0 Å². The van der Waals surface area contributed by atoms with Gasteiger partial charge in [-0.25, -0.2) is 8.42 Å². The summed E-state index contributed by atoms with van der Waals surface area (Å²) >= 11 is 0. The van der Waals surface area contributed by atoms with Crippen LogP contribution in [0.15, 0.2) is 76.7 Å². The van der Waals surface area contributed by atoms with Crippen LogP contribution in [0.2, 0.25) is 0 Å². The predicted octanol–water partition coefficient (Wildman–Crippen LogP) is 6.35. The SMILES string of the molecule is CCC(C)c1cc(/C=C(\C#N)S(=O)(=O)c2ccccc2)cn1-c1ccccc1C(F)(F)F. The Labute approximate surface area is 185 Å². The highest BCUT2D eigenvalue weighted by Gasteiger charge is 2.34. The molecule has 8 heteroatoms. The standard InChI is InChI=1S/C24H21F3N2O2S/c1-3-17(2)23-14-18(13-20(15-28)32(30,31)19-9-5-4-6-10-19)16-29(23)22-12-8-7-11-21(22)24(25,26)27/h4-14,16-17H,3H2,1-2H3/b20-13+. The van der Waals surface area contributed by atoms with Crippen molar-refractivity contribution in [1.29, 1.82) is 5.26 Å².